The predicted octanol–water partition coefficient (Wildman–Crippen LogP) is 3.80. The van der Waals surface area contributed by atoms with Gasteiger partial charge in [-0.15, -0.1) is 0 Å². The second-order valence-corrected chi connectivity index (χ2v) is 8.23. The van der Waals surface area contributed by atoms with Crippen LogP contribution in [0.25, 0.3) is 11.3 Å². The van der Waals surface area contributed by atoms with Crippen molar-refractivity contribution in [3.8, 4) is 22.8 Å². The number of pyridine rings is 2. The Morgan fingerprint density at radius 1 is 1.11 bits per heavy atom. The molecule has 0 atom stereocenters. The molecular weight excluding hydrogens is 444 g/mol. The first kappa shape index (κ1) is 24.2. The summed E-state index contributed by atoms with van der Waals surface area (Å²) < 4.78 is 11.0. The fraction of sp³-hybridized carbons (Fsp3) is 0.333. The third kappa shape index (κ3) is 5.11. The normalized spacial score (nSPS) is 14.2. The number of anilines is 1. The molecule has 8 heteroatoms. The Labute approximate surface area is 205 Å². The van der Waals surface area contributed by atoms with Crippen LogP contribution in [0.1, 0.15) is 30.5 Å². The second kappa shape index (κ2) is 10.5. The van der Waals surface area contributed by atoms with Crippen molar-refractivity contribution < 1.29 is 19.1 Å². The quantitative estimate of drug-likeness (QED) is 0.572. The first-order valence-corrected chi connectivity index (χ1v) is 11.8. The summed E-state index contributed by atoms with van der Waals surface area (Å²) >= 11 is 0. The lowest BCUT2D eigenvalue weighted by atomic mass is 9.99. The van der Waals surface area contributed by atoms with Gasteiger partial charge < -0.3 is 14.4 Å². The van der Waals surface area contributed by atoms with Crippen molar-refractivity contribution in [2.24, 2.45) is 0 Å². The molecule has 2 aliphatic heterocycles. The molecule has 4 heterocycles. The number of hydrogen-bond donors (Lipinski definition) is 0. The topological polar surface area (TPSA) is 84.9 Å². The van der Waals surface area contributed by atoms with Crippen LogP contribution in [0.2, 0.25) is 0 Å². The first-order valence-electron chi connectivity index (χ1n) is 11.8. The highest BCUT2D eigenvalue weighted by Crippen LogP contribution is 2.33. The van der Waals surface area contributed by atoms with E-state index in [2.05, 4.69) is 9.97 Å². The number of hydrogen-bond acceptors (Lipinski definition) is 6. The maximum absolute atomic E-state index is 13.1. The number of amides is 2. The summed E-state index contributed by atoms with van der Waals surface area (Å²) in [7, 11) is 1.63. The van der Waals surface area contributed by atoms with E-state index in [1.54, 1.807) is 24.4 Å². The molecule has 8 nitrogen and oxygen atoms in total. The van der Waals surface area contributed by atoms with Crippen LogP contribution in [-0.2, 0) is 22.6 Å². The maximum atomic E-state index is 13.1. The van der Waals surface area contributed by atoms with Crippen molar-refractivity contribution in [1.29, 1.82) is 0 Å². The summed E-state index contributed by atoms with van der Waals surface area (Å²) in [5.74, 6) is 1.18. The summed E-state index contributed by atoms with van der Waals surface area (Å²) in [4.78, 5) is 37.8. The molecule has 0 N–H and O–H groups in total. The molecule has 0 saturated carbocycles. The van der Waals surface area contributed by atoms with Gasteiger partial charge in [0.05, 0.1) is 12.8 Å². The minimum Gasteiger partial charge on any atom is -0.497 e. The Kier molecular flexibility index (Phi) is 7.29. The highest BCUT2D eigenvalue weighted by atomic mass is 16.5. The fourth-order valence-electron chi connectivity index (χ4n) is 4.19. The number of methoxy groups -OCH3 is 1. The number of rotatable bonds is 4. The lowest BCUT2D eigenvalue weighted by molar-refractivity contribution is -0.132. The molecule has 5 rings (SSSR count). The summed E-state index contributed by atoms with van der Waals surface area (Å²) in [6.07, 6.45) is 4.17. The lowest BCUT2D eigenvalue weighted by Crippen LogP contribution is -2.47. The third-order valence-electron chi connectivity index (χ3n) is 6.02. The van der Waals surface area contributed by atoms with Crippen molar-refractivity contribution in [1.82, 2.24) is 14.9 Å². The molecule has 182 valence electrons. The van der Waals surface area contributed by atoms with Crippen molar-refractivity contribution in [3.05, 3.63) is 65.5 Å². The molecular formula is C27H30N4O4. The molecule has 35 heavy (non-hydrogen) atoms. The van der Waals surface area contributed by atoms with Crippen LogP contribution >= 0.6 is 0 Å². The minimum absolute atomic E-state index is 0.0798. The van der Waals surface area contributed by atoms with Crippen molar-refractivity contribution in [2.75, 3.05) is 31.7 Å². The Morgan fingerprint density at radius 2 is 1.94 bits per heavy atom. The van der Waals surface area contributed by atoms with E-state index in [0.29, 0.717) is 24.7 Å². The van der Waals surface area contributed by atoms with Crippen LogP contribution in [0, 0.1) is 6.92 Å². The minimum atomic E-state index is -0.288. The van der Waals surface area contributed by atoms with Gasteiger partial charge in [0.25, 0.3) is 5.91 Å². The number of carbonyl (C=O) groups excluding carboxylic acids is 2. The van der Waals surface area contributed by atoms with Crippen LogP contribution in [0.15, 0.2) is 48.8 Å². The SMILES string of the molecule is CC.COc1ccc2c(c1)CN(C(=O)CN1C(=O)COc3cc(-c4cc(C)ccn4)cnc31)CC2. The van der Waals surface area contributed by atoms with E-state index in [9.17, 15) is 9.59 Å². The Bertz CT molecular complexity index is 1240. The molecule has 0 radical (unpaired) electrons. The van der Waals surface area contributed by atoms with Crippen molar-refractivity contribution in [2.45, 2.75) is 33.7 Å². The number of benzene rings is 1. The number of fused-ring (bicyclic) bond motifs is 2. The van der Waals surface area contributed by atoms with E-state index < -0.39 is 0 Å². The summed E-state index contributed by atoms with van der Waals surface area (Å²) in [6.45, 7) is 6.88. The van der Waals surface area contributed by atoms with Crippen LogP contribution in [0.3, 0.4) is 0 Å². The van der Waals surface area contributed by atoms with E-state index in [1.165, 1.54) is 10.5 Å². The summed E-state index contributed by atoms with van der Waals surface area (Å²) in [6, 6.07) is 11.6. The zero-order valence-corrected chi connectivity index (χ0v) is 20.6. The van der Waals surface area contributed by atoms with Gasteiger partial charge in [-0.05, 0) is 60.4 Å². The second-order valence-electron chi connectivity index (χ2n) is 8.23. The van der Waals surface area contributed by atoms with Crippen LogP contribution in [-0.4, -0.2) is 53.5 Å². The number of aromatic nitrogens is 2. The number of ether oxygens (including phenoxy) is 2. The van der Waals surface area contributed by atoms with Gasteiger partial charge in [-0.2, -0.15) is 0 Å². The van der Waals surface area contributed by atoms with Gasteiger partial charge in [0.15, 0.2) is 18.2 Å². The van der Waals surface area contributed by atoms with E-state index in [0.717, 1.165) is 34.6 Å². The molecule has 0 saturated heterocycles. The van der Waals surface area contributed by atoms with E-state index >= 15 is 0 Å². The average molecular weight is 475 g/mol. The number of carbonyl (C=O) groups is 2. The number of aryl methyl sites for hydroxylation is 1. The van der Waals surface area contributed by atoms with Gasteiger partial charge in [-0.3, -0.25) is 19.5 Å². The predicted molar refractivity (Wildman–Crippen MR) is 134 cm³/mol. The molecule has 0 fully saturated rings. The van der Waals surface area contributed by atoms with Crippen molar-refractivity contribution in [3.63, 3.8) is 0 Å². The van der Waals surface area contributed by atoms with Gasteiger partial charge in [0.1, 0.15) is 12.3 Å². The van der Waals surface area contributed by atoms with Gasteiger partial charge in [0.2, 0.25) is 5.91 Å². The first-order chi connectivity index (χ1) is 17.0. The van der Waals surface area contributed by atoms with Crippen molar-refractivity contribution >= 4 is 17.6 Å². The number of nitrogens with zero attached hydrogens (tertiary/aromatic N) is 4. The molecule has 1 aromatic carbocycles. The highest BCUT2D eigenvalue weighted by Gasteiger charge is 2.31. The highest BCUT2D eigenvalue weighted by molar-refractivity contribution is 6.01. The average Bonchev–Trinajstić information content (AvgIpc) is 2.90. The monoisotopic (exact) mass is 474 g/mol. The van der Waals surface area contributed by atoms with Gasteiger partial charge in [-0.25, -0.2) is 4.98 Å². The van der Waals surface area contributed by atoms with Gasteiger partial charge in [0, 0.05) is 31.0 Å². The lowest BCUT2D eigenvalue weighted by Gasteiger charge is -2.33. The van der Waals surface area contributed by atoms with Crippen LogP contribution < -0.4 is 14.4 Å². The van der Waals surface area contributed by atoms with E-state index in [4.69, 9.17) is 9.47 Å². The zero-order chi connectivity index (χ0) is 24.9. The fourth-order valence-corrected chi connectivity index (χ4v) is 4.19. The van der Waals surface area contributed by atoms with Gasteiger partial charge >= 0.3 is 0 Å². The smallest absolute Gasteiger partial charge is 0.266 e. The molecule has 0 spiro atoms. The van der Waals surface area contributed by atoms with Gasteiger partial charge in [-0.1, -0.05) is 19.9 Å². The molecule has 2 aliphatic rings. The van der Waals surface area contributed by atoms with Crippen LogP contribution in [0.5, 0.6) is 11.5 Å². The Balaban J connectivity index is 0.00000141. The summed E-state index contributed by atoms with van der Waals surface area (Å²) in [5, 5.41) is 0. The molecule has 2 aromatic heterocycles. The zero-order valence-electron chi connectivity index (χ0n) is 20.6. The van der Waals surface area contributed by atoms with Crippen LogP contribution in [0.4, 0.5) is 5.82 Å². The molecule has 3 aromatic rings. The molecule has 2 amide bonds. The molecule has 0 bridgehead atoms. The molecule has 0 unspecified atom stereocenters. The third-order valence-corrected chi connectivity index (χ3v) is 6.02. The Hall–Kier alpha value is -3.94. The largest absolute Gasteiger partial charge is 0.497 e. The summed E-state index contributed by atoms with van der Waals surface area (Å²) in [5.41, 5.74) is 4.93. The Morgan fingerprint density at radius 3 is 2.71 bits per heavy atom. The van der Waals surface area contributed by atoms with E-state index in [1.807, 2.05) is 57.2 Å². The molecule has 0 aliphatic carbocycles. The standard InChI is InChI=1S/C25H24N4O4.C2H6/c1-16-5-7-26-21(9-16)18-11-22-25(27-12-18)29(24(31)15-33-22)14-23(30)28-8-6-17-3-4-20(32-2)10-19(17)13-28;1-2/h3-5,7,9-12H,6,8,13-15H2,1-2H3;1-2H3. The maximum Gasteiger partial charge on any atom is 0.266 e. The van der Waals surface area contributed by atoms with E-state index in [-0.39, 0.29) is 25.0 Å².